The number of pyridine rings is 2. The third kappa shape index (κ3) is 3.93. The first-order valence-corrected chi connectivity index (χ1v) is 10.4. The highest BCUT2D eigenvalue weighted by Gasteiger charge is 2.22. The number of nitrogens with one attached hydrogen (secondary N) is 1. The summed E-state index contributed by atoms with van der Waals surface area (Å²) in [5.41, 5.74) is 9.05. The van der Waals surface area contributed by atoms with Crippen LogP contribution in [0.1, 0.15) is 21.5 Å². The number of amides is 1. The number of rotatable bonds is 6. The number of anilines is 1. The molecule has 1 amide bonds. The van der Waals surface area contributed by atoms with Crippen LogP contribution >= 0.6 is 0 Å². The Morgan fingerprint density at radius 2 is 1.94 bits per heavy atom. The molecule has 33 heavy (non-hydrogen) atoms. The van der Waals surface area contributed by atoms with E-state index in [2.05, 4.69) is 10.3 Å². The molecule has 0 saturated carbocycles. The Bertz CT molecular complexity index is 1450. The van der Waals surface area contributed by atoms with Crippen molar-refractivity contribution < 1.29 is 18.8 Å². The Labute approximate surface area is 190 Å². The van der Waals surface area contributed by atoms with Crippen molar-refractivity contribution in [2.45, 2.75) is 13.3 Å². The molecule has 1 aromatic carbocycles. The minimum Gasteiger partial charge on any atom is -0.493 e. The summed E-state index contributed by atoms with van der Waals surface area (Å²) in [5, 5.41) is 3.20. The quantitative estimate of drug-likeness (QED) is 0.342. The summed E-state index contributed by atoms with van der Waals surface area (Å²) in [4.78, 5) is 30.7. The van der Waals surface area contributed by atoms with Gasteiger partial charge in [0.1, 0.15) is 10.9 Å². The number of carbonyl (C=O) groups excluding carboxylic acids is 1. The summed E-state index contributed by atoms with van der Waals surface area (Å²) in [6.45, 7) is 2.26. The Hall–Kier alpha value is -4.14. The first-order valence-electron chi connectivity index (χ1n) is 10.4. The van der Waals surface area contributed by atoms with Crippen LogP contribution in [0.3, 0.4) is 0 Å². The molecule has 3 N–H and O–H groups in total. The zero-order valence-corrected chi connectivity index (χ0v) is 19.0. The monoisotopic (exact) mass is 448 g/mol. The van der Waals surface area contributed by atoms with Gasteiger partial charge in [0.05, 0.1) is 21.3 Å². The van der Waals surface area contributed by atoms with Crippen molar-refractivity contribution in [1.29, 1.82) is 0 Å². The lowest BCUT2D eigenvalue weighted by molar-refractivity contribution is -0.632. The van der Waals surface area contributed by atoms with E-state index < -0.39 is 0 Å². The van der Waals surface area contributed by atoms with Gasteiger partial charge in [-0.05, 0) is 43.2 Å². The van der Waals surface area contributed by atoms with Gasteiger partial charge in [-0.25, -0.2) is 4.57 Å². The maximum Gasteiger partial charge on any atom is 0.278 e. The number of nitrogens with two attached hydrogens (primary N) is 1. The van der Waals surface area contributed by atoms with E-state index in [0.29, 0.717) is 41.1 Å². The smallest absolute Gasteiger partial charge is 0.278 e. The summed E-state index contributed by atoms with van der Waals surface area (Å²) >= 11 is 0. The molecule has 0 aliphatic carbocycles. The molecular formula is C24H26N5O4+. The number of ether oxygens (including phenoxy) is 2. The van der Waals surface area contributed by atoms with E-state index in [4.69, 9.17) is 15.2 Å². The minimum absolute atomic E-state index is 0.226. The van der Waals surface area contributed by atoms with Crippen LogP contribution in [0.25, 0.3) is 16.7 Å². The molecule has 0 bridgehead atoms. The maximum absolute atomic E-state index is 13.1. The van der Waals surface area contributed by atoms with Crippen LogP contribution in [-0.2, 0) is 13.5 Å². The van der Waals surface area contributed by atoms with Crippen LogP contribution in [0, 0.1) is 6.92 Å². The highest BCUT2D eigenvalue weighted by atomic mass is 16.5. The van der Waals surface area contributed by atoms with Gasteiger partial charge in [-0.3, -0.25) is 14.0 Å². The lowest BCUT2D eigenvalue weighted by atomic mass is 10.1. The molecule has 170 valence electrons. The average Bonchev–Trinajstić information content (AvgIpc) is 2.82. The molecular weight excluding hydrogens is 422 g/mol. The van der Waals surface area contributed by atoms with Crippen LogP contribution in [0.2, 0.25) is 0 Å². The largest absolute Gasteiger partial charge is 0.493 e. The van der Waals surface area contributed by atoms with Gasteiger partial charge in [0.25, 0.3) is 17.1 Å². The number of hydrogen-bond donors (Lipinski definition) is 2. The molecule has 0 spiro atoms. The van der Waals surface area contributed by atoms with Crippen molar-refractivity contribution in [3.63, 3.8) is 0 Å². The number of benzene rings is 1. The van der Waals surface area contributed by atoms with E-state index in [0.717, 1.165) is 11.1 Å². The van der Waals surface area contributed by atoms with Gasteiger partial charge in [0.15, 0.2) is 11.5 Å². The zero-order valence-electron chi connectivity index (χ0n) is 19.0. The molecule has 9 heteroatoms. The topological polar surface area (TPSA) is 112 Å². The molecule has 4 rings (SSSR count). The number of carbonyl (C=O) groups is 1. The van der Waals surface area contributed by atoms with E-state index in [1.165, 1.54) is 10.5 Å². The van der Waals surface area contributed by atoms with Crippen LogP contribution in [0.4, 0.5) is 5.82 Å². The van der Waals surface area contributed by atoms with E-state index >= 15 is 0 Å². The molecule has 0 saturated heterocycles. The van der Waals surface area contributed by atoms with Gasteiger partial charge >= 0.3 is 0 Å². The first-order chi connectivity index (χ1) is 15.8. The SMILES string of the molecule is COc1ccc(CCNC(=O)c2cc3c(=O)n4cccc(C)c4nc3[n+](C)c2N)cc1OC. The van der Waals surface area contributed by atoms with Crippen LogP contribution in [0.5, 0.6) is 11.5 Å². The Kier molecular flexibility index (Phi) is 5.87. The van der Waals surface area contributed by atoms with Gasteiger partial charge in [-0.15, -0.1) is 0 Å². The van der Waals surface area contributed by atoms with E-state index in [-0.39, 0.29) is 22.8 Å². The second-order valence-corrected chi connectivity index (χ2v) is 7.74. The van der Waals surface area contributed by atoms with Gasteiger partial charge in [0.2, 0.25) is 11.5 Å². The average molecular weight is 449 g/mol. The summed E-state index contributed by atoms with van der Waals surface area (Å²) in [7, 11) is 4.85. The van der Waals surface area contributed by atoms with Crippen LogP contribution < -0.4 is 30.7 Å². The number of aryl methyl sites for hydroxylation is 2. The van der Waals surface area contributed by atoms with Crippen molar-refractivity contribution in [3.8, 4) is 11.5 Å². The molecule has 4 aromatic rings. The minimum atomic E-state index is -0.362. The normalized spacial score (nSPS) is 11.0. The summed E-state index contributed by atoms with van der Waals surface area (Å²) < 4.78 is 13.6. The summed E-state index contributed by atoms with van der Waals surface area (Å²) in [6.07, 6.45) is 2.25. The Morgan fingerprint density at radius 1 is 1.18 bits per heavy atom. The predicted octanol–water partition coefficient (Wildman–Crippen LogP) is 1.55. The van der Waals surface area contributed by atoms with Crippen molar-refractivity contribution in [3.05, 3.63) is 69.6 Å². The molecule has 0 atom stereocenters. The van der Waals surface area contributed by atoms with Gasteiger partial charge in [-0.2, -0.15) is 0 Å². The molecule has 0 aliphatic heterocycles. The van der Waals surface area contributed by atoms with Crippen molar-refractivity contribution in [1.82, 2.24) is 14.7 Å². The number of fused-ring (bicyclic) bond motifs is 2. The fourth-order valence-electron chi connectivity index (χ4n) is 3.83. The standard InChI is InChI=1S/C24H25N5O4/c1-14-6-5-11-29-21(14)27-22-17(24(29)31)13-16(20(25)28(22)2)23(30)26-10-9-15-7-8-18(32-3)19(12-15)33-4/h5-8,11-13,25H,9-10H2,1-4H3,(H,26,30)/p+1. The third-order valence-corrected chi connectivity index (χ3v) is 5.70. The lowest BCUT2D eigenvalue weighted by Gasteiger charge is -2.11. The van der Waals surface area contributed by atoms with Gasteiger partial charge < -0.3 is 20.5 Å². The maximum atomic E-state index is 13.1. The van der Waals surface area contributed by atoms with E-state index in [9.17, 15) is 9.59 Å². The highest BCUT2D eigenvalue weighted by Crippen LogP contribution is 2.27. The second kappa shape index (κ2) is 8.78. The predicted molar refractivity (Wildman–Crippen MR) is 125 cm³/mol. The van der Waals surface area contributed by atoms with Crippen molar-refractivity contribution in [2.24, 2.45) is 7.05 Å². The van der Waals surface area contributed by atoms with Crippen molar-refractivity contribution >= 4 is 28.4 Å². The molecule has 3 heterocycles. The first kappa shape index (κ1) is 22.1. The van der Waals surface area contributed by atoms with Crippen LogP contribution in [-0.4, -0.2) is 36.1 Å². The number of methoxy groups -OCH3 is 2. The fourth-order valence-corrected chi connectivity index (χ4v) is 3.83. The summed E-state index contributed by atoms with van der Waals surface area (Å²) in [6, 6.07) is 10.8. The lowest BCUT2D eigenvalue weighted by Crippen LogP contribution is -2.39. The van der Waals surface area contributed by atoms with Gasteiger partial charge in [-0.1, -0.05) is 17.1 Å². The Morgan fingerprint density at radius 3 is 2.67 bits per heavy atom. The molecule has 9 nitrogen and oxygen atoms in total. The van der Waals surface area contributed by atoms with E-state index in [1.807, 2.05) is 31.2 Å². The second-order valence-electron chi connectivity index (χ2n) is 7.74. The molecule has 3 aromatic heterocycles. The number of hydrogen-bond acceptors (Lipinski definition) is 6. The summed E-state index contributed by atoms with van der Waals surface area (Å²) in [5.74, 6) is 1.14. The number of nitrogens with zero attached hydrogens (tertiary/aromatic N) is 3. The molecule has 0 aliphatic rings. The third-order valence-electron chi connectivity index (χ3n) is 5.70. The number of nitrogen functional groups attached to an aromatic ring is 1. The molecule has 0 fully saturated rings. The van der Waals surface area contributed by atoms with Gasteiger partial charge in [0, 0.05) is 18.3 Å². The highest BCUT2D eigenvalue weighted by molar-refractivity contribution is 6.00. The number of aromatic nitrogens is 3. The Balaban J connectivity index is 1.62. The van der Waals surface area contributed by atoms with Crippen molar-refractivity contribution in [2.75, 3.05) is 26.5 Å². The van der Waals surface area contributed by atoms with Crippen LogP contribution in [0.15, 0.2) is 47.4 Å². The fraction of sp³-hybridized carbons (Fsp3) is 0.250. The molecule has 0 unspecified atom stereocenters. The van der Waals surface area contributed by atoms with E-state index in [1.54, 1.807) is 38.1 Å². The zero-order chi connectivity index (χ0) is 23.7. The molecule has 0 radical (unpaired) electrons.